The molecule has 6 heteroatoms. The minimum atomic E-state index is -3.39. The molecule has 4 nitrogen and oxygen atoms in total. The van der Waals surface area contributed by atoms with Crippen molar-refractivity contribution in [3.63, 3.8) is 0 Å². The highest BCUT2D eigenvalue weighted by Crippen LogP contribution is 2.28. The van der Waals surface area contributed by atoms with Gasteiger partial charge in [-0.2, -0.15) is 4.31 Å². The molecule has 1 saturated heterocycles. The second kappa shape index (κ2) is 6.08. The first-order valence-corrected chi connectivity index (χ1v) is 9.12. The van der Waals surface area contributed by atoms with Crippen molar-refractivity contribution >= 4 is 21.6 Å². The van der Waals surface area contributed by atoms with Gasteiger partial charge >= 0.3 is 0 Å². The average molecular weight is 319 g/mol. The lowest BCUT2D eigenvalue weighted by Crippen LogP contribution is -2.42. The molecule has 0 aliphatic carbocycles. The summed E-state index contributed by atoms with van der Waals surface area (Å²) in [5.74, 6) is 1.32. The molecule has 2 heterocycles. The van der Waals surface area contributed by atoms with Crippen LogP contribution in [0.1, 0.15) is 32.9 Å². The first-order chi connectivity index (χ1) is 9.40. The molecular weight excluding hydrogens is 296 g/mol. The zero-order valence-corrected chi connectivity index (χ0v) is 13.9. The Morgan fingerprint density at radius 2 is 2.05 bits per heavy atom. The fourth-order valence-corrected chi connectivity index (χ4v) is 4.52. The quantitative estimate of drug-likeness (QED) is 0.801. The van der Waals surface area contributed by atoms with Crippen molar-refractivity contribution in [3.05, 3.63) is 18.0 Å². The smallest absolute Gasteiger partial charge is 0.244 e. The van der Waals surface area contributed by atoms with E-state index in [0.717, 1.165) is 18.7 Å². The molecule has 1 aromatic heterocycles. The van der Waals surface area contributed by atoms with Crippen LogP contribution in [0.4, 0.5) is 0 Å². The molecule has 0 saturated carbocycles. The number of aryl methyl sites for hydroxylation is 1. The Hall–Kier alpha value is -0.520. The van der Waals surface area contributed by atoms with Crippen LogP contribution in [0.3, 0.4) is 0 Å². The molecule has 0 aromatic carbocycles. The number of aromatic nitrogens is 1. The van der Waals surface area contributed by atoms with Crippen LogP contribution in [0.15, 0.2) is 17.2 Å². The third-order valence-electron chi connectivity index (χ3n) is 4.37. The molecule has 2 rings (SSSR count). The first kappa shape index (κ1) is 15.9. The van der Waals surface area contributed by atoms with Crippen molar-refractivity contribution in [2.45, 2.75) is 44.5 Å². The summed E-state index contributed by atoms with van der Waals surface area (Å²) in [4.78, 5) is 0.372. The van der Waals surface area contributed by atoms with E-state index in [1.807, 2.05) is 11.5 Å². The number of nitrogens with zero attached hydrogens (tertiary/aromatic N) is 2. The van der Waals surface area contributed by atoms with Crippen LogP contribution in [-0.2, 0) is 22.4 Å². The fourth-order valence-electron chi connectivity index (χ4n) is 2.66. The van der Waals surface area contributed by atoms with Crippen LogP contribution < -0.4 is 0 Å². The van der Waals surface area contributed by atoms with Gasteiger partial charge in [-0.15, -0.1) is 11.6 Å². The van der Waals surface area contributed by atoms with Crippen LogP contribution in [-0.4, -0.2) is 30.4 Å². The minimum Gasteiger partial charge on any atom is -0.349 e. The number of hydrogen-bond donors (Lipinski definition) is 0. The molecular formula is C14H23ClN2O2S. The van der Waals surface area contributed by atoms with E-state index in [2.05, 4.69) is 13.8 Å². The topological polar surface area (TPSA) is 42.3 Å². The molecule has 114 valence electrons. The summed E-state index contributed by atoms with van der Waals surface area (Å²) in [5.41, 5.74) is 0.853. The summed E-state index contributed by atoms with van der Waals surface area (Å²) >= 11 is 5.87. The van der Waals surface area contributed by atoms with Crippen molar-refractivity contribution in [2.75, 3.05) is 13.1 Å². The second-order valence-electron chi connectivity index (χ2n) is 5.69. The van der Waals surface area contributed by atoms with E-state index >= 15 is 0 Å². The lowest BCUT2D eigenvalue weighted by atomic mass is 9.90. The average Bonchev–Trinajstić information content (AvgIpc) is 2.85. The zero-order valence-electron chi connectivity index (χ0n) is 12.3. The Kier molecular flexibility index (Phi) is 4.82. The minimum absolute atomic E-state index is 0.330. The van der Waals surface area contributed by atoms with Crippen molar-refractivity contribution in [3.8, 4) is 0 Å². The molecule has 2 unspecified atom stereocenters. The Bertz CT molecular complexity index is 546. The Balaban J connectivity index is 2.28. The lowest BCUT2D eigenvalue weighted by Gasteiger charge is -2.34. The van der Waals surface area contributed by atoms with Gasteiger partial charge < -0.3 is 4.57 Å². The predicted molar refractivity (Wildman–Crippen MR) is 81.4 cm³/mol. The number of sulfonamides is 1. The summed E-state index contributed by atoms with van der Waals surface area (Å²) in [5, 5.41) is 0. The highest BCUT2D eigenvalue weighted by Gasteiger charge is 2.32. The van der Waals surface area contributed by atoms with E-state index in [4.69, 9.17) is 11.6 Å². The first-order valence-electron chi connectivity index (χ1n) is 7.15. The fraction of sp³-hybridized carbons (Fsp3) is 0.714. The maximum Gasteiger partial charge on any atom is 0.244 e. The molecule has 0 spiro atoms. The zero-order chi connectivity index (χ0) is 14.9. The molecule has 20 heavy (non-hydrogen) atoms. The summed E-state index contributed by atoms with van der Waals surface area (Å²) in [6, 6.07) is 1.70. The van der Waals surface area contributed by atoms with E-state index in [-0.39, 0.29) is 0 Å². The van der Waals surface area contributed by atoms with E-state index in [0.29, 0.717) is 35.7 Å². The molecule has 0 radical (unpaired) electrons. The van der Waals surface area contributed by atoms with Gasteiger partial charge in [0, 0.05) is 31.5 Å². The monoisotopic (exact) mass is 318 g/mol. The van der Waals surface area contributed by atoms with E-state index in [9.17, 15) is 8.42 Å². The number of hydrogen-bond acceptors (Lipinski definition) is 2. The number of alkyl halides is 1. The molecule has 2 atom stereocenters. The summed E-state index contributed by atoms with van der Waals surface area (Å²) in [6.07, 6.45) is 2.63. The van der Waals surface area contributed by atoms with Crippen molar-refractivity contribution in [1.82, 2.24) is 8.87 Å². The summed E-state index contributed by atoms with van der Waals surface area (Å²) in [7, 11) is -3.39. The molecule has 1 aliphatic heterocycles. The molecule has 1 aliphatic rings. The van der Waals surface area contributed by atoms with Gasteiger partial charge in [0.1, 0.15) is 4.90 Å². The van der Waals surface area contributed by atoms with Gasteiger partial charge in [-0.1, -0.05) is 13.8 Å². The van der Waals surface area contributed by atoms with Crippen LogP contribution in [0.5, 0.6) is 0 Å². The third kappa shape index (κ3) is 2.90. The van der Waals surface area contributed by atoms with Gasteiger partial charge in [0.2, 0.25) is 10.0 Å². The summed E-state index contributed by atoms with van der Waals surface area (Å²) in [6.45, 7) is 8.24. The van der Waals surface area contributed by atoms with Gasteiger partial charge in [0.05, 0.1) is 5.88 Å². The number of piperidine rings is 1. The van der Waals surface area contributed by atoms with Gasteiger partial charge in [-0.25, -0.2) is 8.42 Å². The maximum absolute atomic E-state index is 12.7. The standard InChI is InChI=1S/C14H23ClN2O2S/c1-4-16-10-14(7-13(16)8-15)20(18,19)17-6-5-11(2)12(3)9-17/h7,10-12H,4-6,8-9H2,1-3H3. The predicted octanol–water partition coefficient (Wildman–Crippen LogP) is 2.91. The SMILES string of the molecule is CCn1cc(S(=O)(=O)N2CCC(C)C(C)C2)cc1CCl. The second-order valence-corrected chi connectivity index (χ2v) is 7.90. The van der Waals surface area contributed by atoms with Gasteiger partial charge in [-0.05, 0) is 31.2 Å². The van der Waals surface area contributed by atoms with E-state index in [1.165, 1.54) is 0 Å². The Morgan fingerprint density at radius 1 is 1.35 bits per heavy atom. The highest BCUT2D eigenvalue weighted by molar-refractivity contribution is 7.89. The number of halogens is 1. The van der Waals surface area contributed by atoms with Crippen molar-refractivity contribution in [1.29, 1.82) is 0 Å². The molecule has 0 N–H and O–H groups in total. The van der Waals surface area contributed by atoms with E-state index in [1.54, 1.807) is 16.6 Å². The highest BCUT2D eigenvalue weighted by atomic mass is 35.5. The van der Waals surface area contributed by atoms with Crippen LogP contribution in [0.25, 0.3) is 0 Å². The lowest BCUT2D eigenvalue weighted by molar-refractivity contribution is 0.212. The third-order valence-corrected chi connectivity index (χ3v) is 6.48. The van der Waals surface area contributed by atoms with Crippen LogP contribution >= 0.6 is 11.6 Å². The summed E-state index contributed by atoms with van der Waals surface area (Å²) < 4.78 is 28.9. The van der Waals surface area contributed by atoms with Crippen LogP contribution in [0, 0.1) is 11.8 Å². The maximum atomic E-state index is 12.7. The molecule has 1 aromatic rings. The molecule has 1 fully saturated rings. The normalized spacial score (nSPS) is 25.0. The Morgan fingerprint density at radius 3 is 2.55 bits per heavy atom. The Labute approximate surface area is 126 Å². The van der Waals surface area contributed by atoms with Gasteiger partial charge in [0.25, 0.3) is 0 Å². The van der Waals surface area contributed by atoms with Crippen LogP contribution in [0.2, 0.25) is 0 Å². The number of rotatable bonds is 4. The molecule has 0 amide bonds. The van der Waals surface area contributed by atoms with Gasteiger partial charge in [0.15, 0.2) is 0 Å². The van der Waals surface area contributed by atoms with E-state index < -0.39 is 10.0 Å². The van der Waals surface area contributed by atoms with Crippen molar-refractivity contribution in [2.24, 2.45) is 11.8 Å². The van der Waals surface area contributed by atoms with Gasteiger partial charge in [-0.3, -0.25) is 0 Å². The van der Waals surface area contributed by atoms with Crippen molar-refractivity contribution < 1.29 is 8.42 Å². The molecule has 0 bridgehead atoms. The largest absolute Gasteiger partial charge is 0.349 e.